The third kappa shape index (κ3) is 5.51. The fourth-order valence-electron chi connectivity index (χ4n) is 6.18. The summed E-state index contributed by atoms with van der Waals surface area (Å²) in [5.41, 5.74) is 3.08. The topological polar surface area (TPSA) is 107 Å². The van der Waals surface area contributed by atoms with E-state index >= 15 is 0 Å². The second-order valence-electron chi connectivity index (χ2n) is 11.2. The molecule has 3 heterocycles. The number of piperidine rings is 1. The summed E-state index contributed by atoms with van der Waals surface area (Å²) >= 11 is 0. The number of carbonyl (C=O) groups is 3. The van der Waals surface area contributed by atoms with Gasteiger partial charge < -0.3 is 15.1 Å². The first-order valence-electron chi connectivity index (χ1n) is 14.5. The minimum atomic E-state index is -3.73. The van der Waals surface area contributed by atoms with Crippen molar-refractivity contribution < 1.29 is 22.8 Å². The van der Waals surface area contributed by atoms with Crippen LogP contribution in [0.25, 0.3) is 0 Å². The predicted molar refractivity (Wildman–Crippen MR) is 161 cm³/mol. The number of fused-ring (bicyclic) bond motifs is 1. The van der Waals surface area contributed by atoms with Crippen LogP contribution in [0.4, 0.5) is 17.1 Å². The number of aryl methyl sites for hydroxylation is 1. The molecule has 6 rings (SSSR count). The van der Waals surface area contributed by atoms with Gasteiger partial charge in [-0.2, -0.15) is 0 Å². The molecular formula is C32H34N4O5S. The fourth-order valence-corrected chi connectivity index (χ4v) is 7.72. The quantitative estimate of drug-likeness (QED) is 0.469. The number of para-hydroxylation sites is 2. The second kappa shape index (κ2) is 11.6. The van der Waals surface area contributed by atoms with Crippen molar-refractivity contribution in [3.05, 3.63) is 84.4 Å². The monoisotopic (exact) mass is 586 g/mol. The van der Waals surface area contributed by atoms with Gasteiger partial charge in [-0.05, 0) is 73.7 Å². The van der Waals surface area contributed by atoms with Crippen LogP contribution in [0, 0.1) is 11.8 Å². The van der Waals surface area contributed by atoms with Crippen LogP contribution in [0.1, 0.15) is 31.2 Å². The molecule has 2 saturated heterocycles. The highest BCUT2D eigenvalue weighted by Crippen LogP contribution is 2.32. The normalized spacial score (nSPS) is 19.5. The maximum absolute atomic E-state index is 13.4. The molecule has 1 N–H and O–H groups in total. The summed E-state index contributed by atoms with van der Waals surface area (Å²) < 4.78 is 28.3. The van der Waals surface area contributed by atoms with Gasteiger partial charge >= 0.3 is 0 Å². The molecule has 1 unspecified atom stereocenters. The smallest absolute Gasteiger partial charge is 0.264 e. The van der Waals surface area contributed by atoms with E-state index in [1.165, 1.54) is 16.4 Å². The molecule has 9 nitrogen and oxygen atoms in total. The van der Waals surface area contributed by atoms with E-state index in [1.807, 2.05) is 54.6 Å². The molecule has 3 aliphatic rings. The van der Waals surface area contributed by atoms with Crippen molar-refractivity contribution in [2.45, 2.75) is 37.0 Å². The summed E-state index contributed by atoms with van der Waals surface area (Å²) in [4.78, 5) is 42.4. The van der Waals surface area contributed by atoms with E-state index < -0.39 is 10.0 Å². The van der Waals surface area contributed by atoms with Crippen molar-refractivity contribution in [3.63, 3.8) is 0 Å². The number of sulfonamides is 1. The Hall–Kier alpha value is -4.18. The molecule has 0 aliphatic carbocycles. The van der Waals surface area contributed by atoms with Crippen molar-refractivity contribution in [1.82, 2.24) is 4.90 Å². The van der Waals surface area contributed by atoms with Gasteiger partial charge in [0, 0.05) is 49.9 Å². The molecule has 0 aromatic heterocycles. The third-order valence-corrected chi connectivity index (χ3v) is 10.3. The molecule has 1 atom stereocenters. The number of hydrogen-bond donors (Lipinski definition) is 1. The van der Waals surface area contributed by atoms with E-state index in [9.17, 15) is 22.8 Å². The van der Waals surface area contributed by atoms with Gasteiger partial charge in [0.15, 0.2) is 0 Å². The Balaban J connectivity index is 1.02. The largest absolute Gasteiger partial charge is 0.342 e. The van der Waals surface area contributed by atoms with Crippen molar-refractivity contribution in [2.24, 2.45) is 11.8 Å². The maximum Gasteiger partial charge on any atom is 0.264 e. The zero-order chi connectivity index (χ0) is 29.3. The lowest BCUT2D eigenvalue weighted by atomic mass is 9.94. The summed E-state index contributed by atoms with van der Waals surface area (Å²) in [6.45, 7) is 1.72. The Bertz CT molecular complexity index is 1580. The minimum absolute atomic E-state index is 0.0335. The first kappa shape index (κ1) is 28.0. The molecule has 3 amide bonds. The van der Waals surface area contributed by atoms with E-state index in [0.717, 1.165) is 29.8 Å². The molecule has 10 heteroatoms. The molecule has 2 fully saturated rings. The Morgan fingerprint density at radius 1 is 0.810 bits per heavy atom. The highest BCUT2D eigenvalue weighted by atomic mass is 32.2. The Morgan fingerprint density at radius 3 is 2.24 bits per heavy atom. The molecule has 0 saturated carbocycles. The van der Waals surface area contributed by atoms with Gasteiger partial charge in [-0.3, -0.25) is 18.7 Å². The molecule has 42 heavy (non-hydrogen) atoms. The first-order valence-corrected chi connectivity index (χ1v) is 15.9. The number of anilines is 3. The van der Waals surface area contributed by atoms with Crippen molar-refractivity contribution >= 4 is 44.8 Å². The zero-order valence-corrected chi connectivity index (χ0v) is 24.1. The molecular weight excluding hydrogens is 552 g/mol. The number of amides is 3. The third-order valence-electron chi connectivity index (χ3n) is 8.50. The number of benzene rings is 3. The van der Waals surface area contributed by atoms with E-state index in [2.05, 4.69) is 5.32 Å². The highest BCUT2D eigenvalue weighted by molar-refractivity contribution is 7.92. The summed E-state index contributed by atoms with van der Waals surface area (Å²) in [5.74, 6) is -0.860. The summed E-state index contributed by atoms with van der Waals surface area (Å²) in [6.07, 6.45) is 2.88. The van der Waals surface area contributed by atoms with Crippen LogP contribution >= 0.6 is 0 Å². The summed E-state index contributed by atoms with van der Waals surface area (Å²) in [5, 5.41) is 2.91. The number of rotatable bonds is 6. The average Bonchev–Trinajstić information content (AvgIpc) is 3.42. The Kier molecular flexibility index (Phi) is 7.72. The van der Waals surface area contributed by atoms with Crippen LogP contribution in [0.2, 0.25) is 0 Å². The van der Waals surface area contributed by atoms with Gasteiger partial charge in [0.25, 0.3) is 10.0 Å². The number of hydrogen-bond acceptors (Lipinski definition) is 5. The molecule has 3 aromatic carbocycles. The van der Waals surface area contributed by atoms with Crippen LogP contribution in [-0.4, -0.2) is 57.2 Å². The lowest BCUT2D eigenvalue weighted by molar-refractivity contribution is -0.138. The standard InChI is InChI=1S/C32H34N4O5S/c37-30-21-25(22-35(30)27-9-2-1-3-10-27)32(39)34-19-16-24(17-20-34)31(38)33-26-12-14-28(15-13-26)42(40,41)36-18-6-8-23-7-4-5-11-29(23)36/h1-5,7,9-15,24-25H,6,8,16-22H2,(H,33,38). The molecule has 0 bridgehead atoms. The van der Waals surface area contributed by atoms with Crippen LogP contribution in [0.15, 0.2) is 83.8 Å². The van der Waals surface area contributed by atoms with Crippen molar-refractivity contribution in [2.75, 3.05) is 40.7 Å². The summed E-state index contributed by atoms with van der Waals surface area (Å²) in [7, 11) is -3.73. The molecule has 0 radical (unpaired) electrons. The first-order chi connectivity index (χ1) is 20.3. The van der Waals surface area contributed by atoms with Crippen LogP contribution in [0.3, 0.4) is 0 Å². The van der Waals surface area contributed by atoms with E-state index in [0.29, 0.717) is 44.7 Å². The number of likely N-dealkylation sites (tertiary alicyclic amines) is 1. The number of nitrogens with one attached hydrogen (secondary N) is 1. The molecule has 3 aromatic rings. The second-order valence-corrected chi connectivity index (χ2v) is 13.0. The Labute approximate surface area is 246 Å². The molecule has 3 aliphatic heterocycles. The summed E-state index contributed by atoms with van der Waals surface area (Å²) in [6, 6.07) is 23.3. The number of carbonyl (C=O) groups excluding carboxylic acids is 3. The van der Waals surface area contributed by atoms with E-state index in [-0.39, 0.29) is 40.9 Å². The zero-order valence-electron chi connectivity index (χ0n) is 23.3. The molecule has 218 valence electrons. The van der Waals surface area contributed by atoms with Gasteiger partial charge in [0.1, 0.15) is 0 Å². The fraction of sp³-hybridized carbons (Fsp3) is 0.344. The van der Waals surface area contributed by atoms with Crippen molar-refractivity contribution in [1.29, 1.82) is 0 Å². The van der Waals surface area contributed by atoms with Gasteiger partial charge in [0.05, 0.1) is 16.5 Å². The van der Waals surface area contributed by atoms with Gasteiger partial charge in [-0.1, -0.05) is 36.4 Å². The van der Waals surface area contributed by atoms with Crippen molar-refractivity contribution in [3.8, 4) is 0 Å². The van der Waals surface area contributed by atoms with E-state index in [4.69, 9.17) is 0 Å². The Morgan fingerprint density at radius 2 is 1.50 bits per heavy atom. The van der Waals surface area contributed by atoms with Gasteiger partial charge in [-0.25, -0.2) is 8.42 Å². The lowest BCUT2D eigenvalue weighted by Gasteiger charge is -2.33. The van der Waals surface area contributed by atoms with Crippen LogP contribution in [-0.2, 0) is 30.8 Å². The van der Waals surface area contributed by atoms with Gasteiger partial charge in [-0.15, -0.1) is 0 Å². The van der Waals surface area contributed by atoms with Crippen LogP contribution in [0.5, 0.6) is 0 Å². The average molecular weight is 587 g/mol. The minimum Gasteiger partial charge on any atom is -0.342 e. The van der Waals surface area contributed by atoms with E-state index in [1.54, 1.807) is 21.9 Å². The lowest BCUT2D eigenvalue weighted by Crippen LogP contribution is -2.44. The maximum atomic E-state index is 13.4. The molecule has 0 spiro atoms. The highest BCUT2D eigenvalue weighted by Gasteiger charge is 2.38. The predicted octanol–water partition coefficient (Wildman–Crippen LogP) is 4.06. The van der Waals surface area contributed by atoms with Gasteiger partial charge in [0.2, 0.25) is 17.7 Å². The SMILES string of the molecule is O=C(Nc1ccc(S(=O)(=O)N2CCCc3ccccc32)cc1)C1CCN(C(=O)C2CC(=O)N(c3ccccc3)C2)CC1. The van der Waals surface area contributed by atoms with Crippen LogP contribution < -0.4 is 14.5 Å². The number of nitrogens with zero attached hydrogens (tertiary/aromatic N) is 3.